The number of carbonyl (C=O) groups excluding carboxylic acids is 4. The summed E-state index contributed by atoms with van der Waals surface area (Å²) in [6.45, 7) is 0. The van der Waals surface area contributed by atoms with Crippen molar-refractivity contribution in [3.8, 4) is 57.5 Å². The molecule has 0 saturated heterocycles. The number of fused-ring (bicyclic) bond motifs is 4. The highest BCUT2D eigenvalue weighted by Crippen LogP contribution is 2.42. The lowest BCUT2D eigenvalue weighted by Crippen LogP contribution is -2.19. The van der Waals surface area contributed by atoms with Gasteiger partial charge in [0.05, 0.1) is 31.2 Å². The van der Waals surface area contributed by atoms with Crippen LogP contribution in [0.15, 0.2) is 122 Å². The molecular weight excluding hydrogens is 1260 g/mol. The highest BCUT2D eigenvalue weighted by molar-refractivity contribution is 6.04. The van der Waals surface area contributed by atoms with E-state index in [9.17, 15) is 109 Å². The van der Waals surface area contributed by atoms with Crippen LogP contribution in [0.25, 0.3) is 66.2 Å². The maximum Gasteiger partial charge on any atom is 0.347 e. The second kappa shape index (κ2) is 25.5. The van der Waals surface area contributed by atoms with Crippen LogP contribution >= 0.6 is 0 Å². The van der Waals surface area contributed by atoms with E-state index in [0.717, 1.165) is 85.2 Å². The van der Waals surface area contributed by atoms with Crippen LogP contribution in [-0.2, 0) is 57.3 Å². The molecule has 4 aliphatic rings. The summed E-state index contributed by atoms with van der Waals surface area (Å²) in [5.74, 6) is -13.8. The van der Waals surface area contributed by atoms with E-state index in [2.05, 4.69) is 0 Å². The molecule has 34 nitrogen and oxygen atoms in total. The summed E-state index contributed by atoms with van der Waals surface area (Å²) < 4.78 is 40.2. The summed E-state index contributed by atoms with van der Waals surface area (Å²) in [6.07, 6.45) is -2.03. The molecule has 0 spiro atoms. The molecule has 0 bridgehead atoms. The van der Waals surface area contributed by atoms with Crippen molar-refractivity contribution in [1.29, 1.82) is 0 Å². The maximum absolute atomic E-state index is 12.5. The van der Waals surface area contributed by atoms with Crippen LogP contribution in [0.5, 0.6) is 57.5 Å². The number of carboxylic acid groups (broad SMARTS) is 4. The average Bonchev–Trinajstić information content (AvgIpc) is 1.21. The summed E-state index contributed by atoms with van der Waals surface area (Å²) in [5, 5.41) is 132. The van der Waals surface area contributed by atoms with Gasteiger partial charge in [-0.05, 0) is 0 Å². The lowest BCUT2D eigenvalue weighted by Gasteiger charge is -2.13. The molecule has 14 N–H and O–H groups in total. The fourth-order valence-electron chi connectivity index (χ4n) is 9.81. The van der Waals surface area contributed by atoms with Gasteiger partial charge in [-0.3, -0.25) is 33.6 Å². The Morgan fingerprint density at radius 2 is 0.745 bits per heavy atom. The second-order valence-corrected chi connectivity index (χ2v) is 20.0. The van der Waals surface area contributed by atoms with Crippen LogP contribution in [0.2, 0.25) is 0 Å². The summed E-state index contributed by atoms with van der Waals surface area (Å²) in [5.41, 5.74) is -4.70. The van der Waals surface area contributed by atoms with Gasteiger partial charge in [-0.15, -0.1) is 0 Å². The maximum atomic E-state index is 12.5. The Bertz CT molecular complexity index is 5030. The first-order valence-electron chi connectivity index (χ1n) is 26.2. The molecule has 0 radical (unpaired) electrons. The predicted octanol–water partition coefficient (Wildman–Crippen LogP) is 3.36. The Morgan fingerprint density at radius 1 is 0.372 bits per heavy atom. The van der Waals surface area contributed by atoms with E-state index >= 15 is 0 Å². The molecule has 0 amide bonds. The van der Waals surface area contributed by atoms with Gasteiger partial charge in [0.25, 0.3) is 0 Å². The molecule has 8 heterocycles. The van der Waals surface area contributed by atoms with E-state index < -0.39 is 177 Å². The first kappa shape index (κ1) is 64.9. The summed E-state index contributed by atoms with van der Waals surface area (Å²) in [7, 11) is 0. The van der Waals surface area contributed by atoms with Crippen LogP contribution < -0.4 is 21.9 Å². The van der Waals surface area contributed by atoms with Crippen molar-refractivity contribution in [3.63, 3.8) is 0 Å². The standard InChI is InChI=1S/2C15H10O9.2C15H10O8/c16-5-1-7(17)12-9(2-5)24-15(14(22)13(12)21)6-3-11(20)23-8(6)4-10(18)19;16-5-1-7(17)13-9(2-5)24-15(22)12(14(13)21)6-3-11(20)23-8(6)4-10(18)19;16-6-1-9(17)14-11(2-6)22-5-8(15(14)21)7-3-13(20)23-10(7)4-12(18)19;16-6-1-8(17)15-9(18)4-10(22-12(15)2-6)7-3-14(21)23-11(7)5-13(19)20/h1-3,8,16-17,22H,4H2,(H,18,19);1-3,8,16-17,21H,4H2,(H,18,19);1-3,5,10,16-17H,4H2,(H,18,19);1-4,11,16-17H,5H2,(H,19,20). The average molecular weight is 1300 g/mol. The summed E-state index contributed by atoms with van der Waals surface area (Å²) in [4.78, 5) is 138. The van der Waals surface area contributed by atoms with Gasteiger partial charge in [-0.25, -0.2) is 24.0 Å². The van der Waals surface area contributed by atoms with Crippen LogP contribution in [0.1, 0.15) is 48.3 Å². The molecule has 34 heteroatoms. The van der Waals surface area contributed by atoms with Crippen molar-refractivity contribution in [2.24, 2.45) is 0 Å². The lowest BCUT2D eigenvalue weighted by molar-refractivity contribution is -0.146. The number of ether oxygens (including phenoxy) is 4. The summed E-state index contributed by atoms with van der Waals surface area (Å²) >= 11 is 0. The van der Waals surface area contributed by atoms with Gasteiger partial charge >= 0.3 is 53.4 Å². The topological polar surface area (TPSA) is 578 Å². The van der Waals surface area contributed by atoms with E-state index in [1.54, 1.807) is 0 Å². The van der Waals surface area contributed by atoms with Crippen molar-refractivity contribution in [1.82, 2.24) is 0 Å². The van der Waals surface area contributed by atoms with Gasteiger partial charge < -0.3 is 108 Å². The number of phenolic OH excluding ortho intramolecular Hbond substituents is 8. The predicted molar refractivity (Wildman–Crippen MR) is 307 cm³/mol. The lowest BCUT2D eigenvalue weighted by atomic mass is 9.98. The quantitative estimate of drug-likeness (QED) is 0.0474. The number of hydrogen-bond acceptors (Lipinski definition) is 30. The third-order valence-corrected chi connectivity index (χ3v) is 13.6. The highest BCUT2D eigenvalue weighted by Gasteiger charge is 2.37. The first-order chi connectivity index (χ1) is 44.3. The van der Waals surface area contributed by atoms with Crippen LogP contribution in [0, 0.1) is 0 Å². The van der Waals surface area contributed by atoms with Gasteiger partial charge in [0.15, 0.2) is 11.2 Å². The summed E-state index contributed by atoms with van der Waals surface area (Å²) in [6, 6.07) is 9.14. The number of esters is 4. The van der Waals surface area contributed by atoms with E-state index in [1.807, 2.05) is 0 Å². The van der Waals surface area contributed by atoms with Gasteiger partial charge in [0.1, 0.15) is 138 Å². The smallest absolute Gasteiger partial charge is 0.347 e. The monoisotopic (exact) mass is 1300 g/mol. The molecule has 4 aromatic carbocycles. The zero-order valence-corrected chi connectivity index (χ0v) is 46.6. The molecule has 484 valence electrons. The molecule has 0 aliphatic carbocycles. The fraction of sp³-hybridized carbons (Fsp3) is 0.133. The number of hydrogen-bond donors (Lipinski definition) is 14. The minimum atomic E-state index is -1.28. The zero-order chi connectivity index (χ0) is 68.6. The molecule has 8 aromatic rings. The van der Waals surface area contributed by atoms with Crippen molar-refractivity contribution in [2.75, 3.05) is 0 Å². The molecule has 4 atom stereocenters. The normalized spacial score (nSPS) is 17.0. The zero-order valence-electron chi connectivity index (χ0n) is 46.6. The molecule has 94 heavy (non-hydrogen) atoms. The van der Waals surface area contributed by atoms with E-state index in [-0.39, 0.29) is 89.0 Å². The van der Waals surface area contributed by atoms with Gasteiger partial charge in [-0.2, -0.15) is 0 Å². The Morgan fingerprint density at radius 3 is 1.23 bits per heavy atom. The van der Waals surface area contributed by atoms with Gasteiger partial charge in [0, 0.05) is 101 Å². The van der Waals surface area contributed by atoms with Crippen LogP contribution in [0.3, 0.4) is 0 Å². The number of phenols is 8. The number of aromatic hydroxyl groups is 10. The minimum absolute atomic E-state index is 0.0446. The molecule has 4 aromatic heterocycles. The Labute approximate surface area is 515 Å². The van der Waals surface area contributed by atoms with Crippen molar-refractivity contribution in [2.45, 2.75) is 50.1 Å². The van der Waals surface area contributed by atoms with Crippen LogP contribution in [0.4, 0.5) is 0 Å². The van der Waals surface area contributed by atoms with Crippen molar-refractivity contribution >= 4 is 114 Å². The molecule has 4 aliphatic heterocycles. The number of rotatable bonds is 12. The van der Waals surface area contributed by atoms with Gasteiger partial charge in [-0.1, -0.05) is 0 Å². The molecular formula is C60H40O34. The number of benzene rings is 4. The number of carboxylic acids is 4. The molecule has 0 fully saturated rings. The minimum Gasteiger partial charge on any atom is -0.508 e. The number of aliphatic carboxylic acids is 4. The Kier molecular flexibility index (Phi) is 17.6. The van der Waals surface area contributed by atoms with Crippen LogP contribution in [-0.4, -0.2) is 144 Å². The largest absolute Gasteiger partial charge is 0.508 e. The van der Waals surface area contributed by atoms with Crippen molar-refractivity contribution < 1.29 is 146 Å². The number of cyclic esters (lactones) is 4. The Hall–Kier alpha value is -13.6. The second-order valence-electron chi connectivity index (χ2n) is 20.0. The first-order valence-corrected chi connectivity index (χ1v) is 26.2. The van der Waals surface area contributed by atoms with Crippen molar-refractivity contribution in [3.05, 3.63) is 149 Å². The molecule has 12 rings (SSSR count). The molecule has 4 unspecified atom stereocenters. The third-order valence-electron chi connectivity index (χ3n) is 13.6. The number of carbonyl (C=O) groups is 8. The van der Waals surface area contributed by atoms with E-state index in [0.29, 0.717) is 0 Å². The third kappa shape index (κ3) is 13.4. The highest BCUT2D eigenvalue weighted by atomic mass is 16.6. The van der Waals surface area contributed by atoms with E-state index in [4.69, 9.17) is 57.0 Å². The SMILES string of the molecule is O=C(O)CC1OC(=O)C=C1c1c(O)c2c(O)cc(O)cc2oc1=O.O=C(O)CC1OC(=O)C=C1c1cc(=O)c2c(O)cc(O)cc2o1.O=C(O)CC1OC(=O)C=C1c1coc2cc(O)cc(O)c2c1=O.O=C(O)CC1OC(=O)C=C1c1oc2cc(O)cc(O)c2c(=O)c1O. The van der Waals surface area contributed by atoms with Gasteiger partial charge in [0.2, 0.25) is 16.6 Å². The molecule has 0 saturated carbocycles. The Balaban J connectivity index is 0.000000148. The van der Waals surface area contributed by atoms with E-state index in [1.165, 1.54) is 0 Å². The fourth-order valence-corrected chi connectivity index (χ4v) is 9.81.